The number of hydrogen-bond donors (Lipinski definition) is 1. The van der Waals surface area contributed by atoms with Crippen LogP contribution in [0.3, 0.4) is 0 Å². The summed E-state index contributed by atoms with van der Waals surface area (Å²) in [4.78, 5) is 0. The first kappa shape index (κ1) is 14.5. The van der Waals surface area contributed by atoms with Gasteiger partial charge in [0.05, 0.1) is 12.2 Å². The van der Waals surface area contributed by atoms with Crippen LogP contribution in [0.25, 0.3) is 0 Å². The fourth-order valence-electron chi connectivity index (χ4n) is 2.88. The molecule has 1 aromatic rings. The van der Waals surface area contributed by atoms with Crippen molar-refractivity contribution in [1.29, 1.82) is 0 Å². The highest BCUT2D eigenvalue weighted by molar-refractivity contribution is 5.24. The second-order valence-corrected chi connectivity index (χ2v) is 6.64. The van der Waals surface area contributed by atoms with Crippen LogP contribution in [0.5, 0.6) is 0 Å². The van der Waals surface area contributed by atoms with Crippen molar-refractivity contribution in [3.05, 3.63) is 35.4 Å². The zero-order valence-corrected chi connectivity index (χ0v) is 12.5. The topological polar surface area (TPSA) is 35.2 Å². The highest BCUT2D eigenvalue weighted by Crippen LogP contribution is 2.37. The highest BCUT2D eigenvalue weighted by Gasteiger charge is 2.28. The van der Waals surface area contributed by atoms with Crippen molar-refractivity contribution in [2.45, 2.75) is 58.7 Å². The molecule has 0 amide bonds. The lowest BCUT2D eigenvalue weighted by molar-refractivity contribution is -0.0429. The molecule has 1 aliphatic carbocycles. The van der Waals surface area contributed by atoms with Crippen LogP contribution in [0.4, 0.5) is 0 Å². The molecular formula is C17H27NO. The Morgan fingerprint density at radius 2 is 2.00 bits per heavy atom. The molecule has 0 aromatic heterocycles. The molecular weight excluding hydrogens is 234 g/mol. The molecule has 19 heavy (non-hydrogen) atoms. The van der Waals surface area contributed by atoms with Crippen LogP contribution in [-0.4, -0.2) is 12.6 Å². The minimum atomic E-state index is 0.0473. The lowest BCUT2D eigenvalue weighted by atomic mass is 9.76. The third kappa shape index (κ3) is 4.05. The van der Waals surface area contributed by atoms with Gasteiger partial charge in [0.2, 0.25) is 0 Å². The Labute approximate surface area is 117 Å². The van der Waals surface area contributed by atoms with Crippen LogP contribution in [0, 0.1) is 12.3 Å². The molecule has 1 unspecified atom stereocenters. The molecule has 0 aliphatic heterocycles. The average molecular weight is 261 g/mol. The van der Waals surface area contributed by atoms with Gasteiger partial charge in [-0.2, -0.15) is 0 Å². The van der Waals surface area contributed by atoms with Crippen molar-refractivity contribution in [2.75, 3.05) is 6.54 Å². The predicted octanol–water partition coefficient (Wildman–Crippen LogP) is 3.98. The zero-order chi connectivity index (χ0) is 13.9. The van der Waals surface area contributed by atoms with Gasteiger partial charge in [-0.15, -0.1) is 0 Å². The van der Waals surface area contributed by atoms with Gasteiger partial charge < -0.3 is 10.5 Å². The number of benzene rings is 1. The molecule has 1 fully saturated rings. The molecule has 1 aliphatic rings. The maximum absolute atomic E-state index is 6.25. The normalized spacial score (nSPS) is 21.3. The summed E-state index contributed by atoms with van der Waals surface area (Å²) < 4.78 is 6.25. The van der Waals surface area contributed by atoms with Gasteiger partial charge in [0.15, 0.2) is 0 Å². The summed E-state index contributed by atoms with van der Waals surface area (Å²) >= 11 is 0. The molecule has 1 aromatic carbocycles. The first-order valence-electron chi connectivity index (χ1n) is 7.42. The summed E-state index contributed by atoms with van der Waals surface area (Å²) in [7, 11) is 0. The number of aryl methyl sites for hydroxylation is 1. The first-order chi connectivity index (χ1) is 9.00. The molecule has 1 saturated carbocycles. The van der Waals surface area contributed by atoms with Gasteiger partial charge in [0.25, 0.3) is 0 Å². The summed E-state index contributed by atoms with van der Waals surface area (Å²) in [6.45, 7) is 7.37. The van der Waals surface area contributed by atoms with E-state index in [9.17, 15) is 0 Å². The summed E-state index contributed by atoms with van der Waals surface area (Å²) in [5.74, 6) is 0. The predicted molar refractivity (Wildman–Crippen MR) is 80.1 cm³/mol. The first-order valence-corrected chi connectivity index (χ1v) is 7.42. The second-order valence-electron chi connectivity index (χ2n) is 6.64. The average Bonchev–Trinajstić information content (AvgIpc) is 2.37. The van der Waals surface area contributed by atoms with Gasteiger partial charge in [-0.1, -0.05) is 43.7 Å². The maximum Gasteiger partial charge on any atom is 0.0950 e. The van der Waals surface area contributed by atoms with Crippen molar-refractivity contribution >= 4 is 0 Å². The van der Waals surface area contributed by atoms with E-state index in [0.29, 0.717) is 18.1 Å². The van der Waals surface area contributed by atoms with Crippen molar-refractivity contribution in [3.8, 4) is 0 Å². The third-order valence-corrected chi connectivity index (χ3v) is 4.27. The van der Waals surface area contributed by atoms with Crippen molar-refractivity contribution in [3.63, 3.8) is 0 Å². The van der Waals surface area contributed by atoms with Gasteiger partial charge >= 0.3 is 0 Å². The molecule has 1 atom stereocenters. The van der Waals surface area contributed by atoms with Gasteiger partial charge in [0.1, 0.15) is 0 Å². The van der Waals surface area contributed by atoms with Crippen molar-refractivity contribution in [2.24, 2.45) is 11.1 Å². The van der Waals surface area contributed by atoms with E-state index in [1.165, 1.54) is 24.0 Å². The number of hydrogen-bond acceptors (Lipinski definition) is 2. The molecule has 106 valence electrons. The number of nitrogens with two attached hydrogens (primary N) is 1. The van der Waals surface area contributed by atoms with Crippen LogP contribution in [-0.2, 0) is 4.74 Å². The van der Waals surface area contributed by atoms with Crippen LogP contribution < -0.4 is 5.73 Å². The van der Waals surface area contributed by atoms with E-state index < -0.39 is 0 Å². The van der Waals surface area contributed by atoms with Gasteiger partial charge in [-0.3, -0.25) is 0 Å². The van der Waals surface area contributed by atoms with E-state index in [2.05, 4.69) is 45.0 Å². The van der Waals surface area contributed by atoms with Crippen LogP contribution in [0.1, 0.15) is 56.8 Å². The van der Waals surface area contributed by atoms with Crippen molar-refractivity contribution < 1.29 is 4.74 Å². The Kier molecular flexibility index (Phi) is 4.64. The van der Waals surface area contributed by atoms with Crippen LogP contribution in [0.2, 0.25) is 0 Å². The van der Waals surface area contributed by atoms with Crippen LogP contribution >= 0.6 is 0 Å². The molecule has 2 N–H and O–H groups in total. The van der Waals surface area contributed by atoms with E-state index >= 15 is 0 Å². The molecule has 0 heterocycles. The SMILES string of the molecule is Cc1cccc(C(CN)OC2CCC(C)(C)CC2)c1. The van der Waals surface area contributed by atoms with Crippen LogP contribution in [0.15, 0.2) is 24.3 Å². The smallest absolute Gasteiger partial charge is 0.0950 e. The number of ether oxygens (including phenoxy) is 1. The Hall–Kier alpha value is -0.860. The zero-order valence-electron chi connectivity index (χ0n) is 12.5. The van der Waals surface area contributed by atoms with E-state index in [0.717, 1.165) is 12.8 Å². The third-order valence-electron chi connectivity index (χ3n) is 4.27. The fraction of sp³-hybridized carbons (Fsp3) is 0.647. The minimum absolute atomic E-state index is 0.0473. The molecule has 0 radical (unpaired) electrons. The highest BCUT2D eigenvalue weighted by atomic mass is 16.5. The summed E-state index contributed by atoms with van der Waals surface area (Å²) in [5, 5.41) is 0. The molecule has 0 bridgehead atoms. The Morgan fingerprint density at radius 3 is 2.58 bits per heavy atom. The minimum Gasteiger partial charge on any atom is -0.369 e. The van der Waals surface area contributed by atoms with E-state index in [-0.39, 0.29) is 6.10 Å². The maximum atomic E-state index is 6.25. The van der Waals surface area contributed by atoms with E-state index in [1.807, 2.05) is 0 Å². The molecule has 2 heteroatoms. The standard InChI is InChI=1S/C17H27NO/c1-13-5-4-6-14(11-13)16(12-18)19-15-7-9-17(2,3)10-8-15/h4-6,11,15-16H,7-10,12,18H2,1-3H3. The quantitative estimate of drug-likeness (QED) is 0.889. The van der Waals surface area contributed by atoms with E-state index in [4.69, 9.17) is 10.5 Å². The number of rotatable bonds is 4. The monoisotopic (exact) mass is 261 g/mol. The molecule has 2 rings (SSSR count). The molecule has 0 saturated heterocycles. The lowest BCUT2D eigenvalue weighted by Crippen LogP contribution is -2.29. The summed E-state index contributed by atoms with van der Waals surface area (Å²) in [5.41, 5.74) is 8.87. The second kappa shape index (κ2) is 6.06. The summed E-state index contributed by atoms with van der Waals surface area (Å²) in [6, 6.07) is 8.50. The molecule has 0 spiro atoms. The Balaban J connectivity index is 1.97. The van der Waals surface area contributed by atoms with Crippen molar-refractivity contribution in [1.82, 2.24) is 0 Å². The molecule has 2 nitrogen and oxygen atoms in total. The summed E-state index contributed by atoms with van der Waals surface area (Å²) in [6.07, 6.45) is 5.25. The van der Waals surface area contributed by atoms with Gasteiger partial charge in [-0.05, 0) is 43.6 Å². The Morgan fingerprint density at radius 1 is 1.32 bits per heavy atom. The lowest BCUT2D eigenvalue weighted by Gasteiger charge is -2.35. The fourth-order valence-corrected chi connectivity index (χ4v) is 2.88. The van der Waals surface area contributed by atoms with E-state index in [1.54, 1.807) is 0 Å². The largest absolute Gasteiger partial charge is 0.369 e. The van der Waals surface area contributed by atoms with Gasteiger partial charge in [-0.25, -0.2) is 0 Å². The van der Waals surface area contributed by atoms with Gasteiger partial charge in [0, 0.05) is 6.54 Å². The Bertz CT molecular complexity index is 403.